The molecule has 0 unspecified atom stereocenters. The second-order valence-electron chi connectivity index (χ2n) is 9.08. The Labute approximate surface area is 191 Å². The highest BCUT2D eigenvalue weighted by molar-refractivity contribution is 5.80. The number of hydrogen-bond donors (Lipinski definition) is 0. The summed E-state index contributed by atoms with van der Waals surface area (Å²) in [5, 5.41) is 11.5. The van der Waals surface area contributed by atoms with Crippen molar-refractivity contribution in [3.05, 3.63) is 71.4 Å². The number of rotatable bonds is 4. The summed E-state index contributed by atoms with van der Waals surface area (Å²) in [7, 11) is 0. The molecule has 3 aromatic rings. The minimum absolute atomic E-state index is 0.0550. The highest BCUT2D eigenvalue weighted by atomic mass is 19.1. The Kier molecular flexibility index (Phi) is 5.86. The largest absolute Gasteiger partial charge is 0.347 e. The summed E-state index contributed by atoms with van der Waals surface area (Å²) in [5.74, 6) is -0.443. The first-order valence-corrected chi connectivity index (χ1v) is 11.4. The fraction of sp³-hybridized carbons (Fsp3) is 0.385. The van der Waals surface area contributed by atoms with Crippen LogP contribution >= 0.6 is 0 Å². The van der Waals surface area contributed by atoms with Crippen LogP contribution in [0.5, 0.6) is 0 Å². The molecule has 0 bridgehead atoms. The van der Waals surface area contributed by atoms with E-state index in [9.17, 15) is 13.6 Å². The van der Waals surface area contributed by atoms with Crippen LogP contribution in [-0.4, -0.2) is 22.1 Å². The molecule has 0 radical (unpaired) electrons. The predicted molar refractivity (Wildman–Crippen MR) is 119 cm³/mol. The van der Waals surface area contributed by atoms with Crippen LogP contribution in [0, 0.1) is 34.8 Å². The molecule has 1 aliphatic heterocycles. The molecule has 1 saturated heterocycles. The topological polar surface area (TPSA) is 58.3 Å². The normalized spacial score (nSPS) is 23.1. The van der Waals surface area contributed by atoms with Crippen molar-refractivity contribution in [2.24, 2.45) is 11.8 Å². The maximum absolute atomic E-state index is 14.0. The van der Waals surface area contributed by atoms with Crippen LogP contribution in [-0.2, 0) is 16.2 Å². The number of amides is 1. The van der Waals surface area contributed by atoms with E-state index < -0.39 is 5.82 Å². The number of aromatic nitrogens is 1. The molecule has 0 spiro atoms. The van der Waals surface area contributed by atoms with E-state index in [2.05, 4.69) is 4.57 Å². The zero-order chi connectivity index (χ0) is 22.9. The summed E-state index contributed by atoms with van der Waals surface area (Å²) in [6.07, 6.45) is 5.98. The molecule has 7 heteroatoms. The average Bonchev–Trinajstić information content (AvgIpc) is 3.46. The van der Waals surface area contributed by atoms with Crippen molar-refractivity contribution < 1.29 is 18.4 Å². The van der Waals surface area contributed by atoms with Crippen LogP contribution in [0.3, 0.4) is 0 Å². The van der Waals surface area contributed by atoms with Gasteiger partial charge in [-0.15, -0.1) is 0 Å². The predicted octanol–water partition coefficient (Wildman–Crippen LogP) is 5.50. The maximum Gasteiger partial charge on any atom is 0.249 e. The van der Waals surface area contributed by atoms with Gasteiger partial charge in [-0.25, -0.2) is 13.8 Å². The van der Waals surface area contributed by atoms with E-state index in [-0.39, 0.29) is 29.2 Å². The SMILES string of the molecule is N#Cc1cc(F)cc([C@@H]2CCON2C(=O)C2CCC(Cn3ccc4cc(F)ccc43)CC2)c1. The lowest BCUT2D eigenvalue weighted by Gasteiger charge is -2.32. The van der Waals surface area contributed by atoms with Crippen LogP contribution in [0.4, 0.5) is 8.78 Å². The van der Waals surface area contributed by atoms with E-state index >= 15 is 0 Å². The lowest BCUT2D eigenvalue weighted by Crippen LogP contribution is -2.37. The minimum atomic E-state index is -0.482. The van der Waals surface area contributed by atoms with Gasteiger partial charge in [-0.05, 0) is 79.6 Å². The molecule has 1 aliphatic carbocycles. The third-order valence-corrected chi connectivity index (χ3v) is 6.94. The number of benzene rings is 2. The van der Waals surface area contributed by atoms with E-state index in [0.717, 1.165) is 43.1 Å². The van der Waals surface area contributed by atoms with Gasteiger partial charge < -0.3 is 4.57 Å². The quantitative estimate of drug-likeness (QED) is 0.528. The molecular weight excluding hydrogens is 424 g/mol. The van der Waals surface area contributed by atoms with E-state index in [1.165, 1.54) is 23.3 Å². The summed E-state index contributed by atoms with van der Waals surface area (Å²) >= 11 is 0. The lowest BCUT2D eigenvalue weighted by atomic mass is 9.81. The number of nitriles is 1. The van der Waals surface area contributed by atoms with Crippen LogP contribution in [0.2, 0.25) is 0 Å². The van der Waals surface area contributed by atoms with E-state index in [4.69, 9.17) is 10.1 Å². The second-order valence-corrected chi connectivity index (χ2v) is 9.08. The first-order chi connectivity index (χ1) is 16.0. The first-order valence-electron chi connectivity index (χ1n) is 11.4. The van der Waals surface area contributed by atoms with Crippen molar-refractivity contribution in [2.75, 3.05) is 6.61 Å². The third-order valence-electron chi connectivity index (χ3n) is 6.94. The number of hydroxylamine groups is 2. The van der Waals surface area contributed by atoms with Gasteiger partial charge in [0.1, 0.15) is 11.6 Å². The monoisotopic (exact) mass is 449 g/mol. The molecule has 0 N–H and O–H groups in total. The van der Waals surface area contributed by atoms with Crippen molar-refractivity contribution in [2.45, 2.75) is 44.7 Å². The molecule has 2 aromatic carbocycles. The van der Waals surface area contributed by atoms with Crippen LogP contribution in [0.25, 0.3) is 10.9 Å². The van der Waals surface area contributed by atoms with Crippen molar-refractivity contribution in [3.63, 3.8) is 0 Å². The minimum Gasteiger partial charge on any atom is -0.347 e. The molecule has 1 aromatic heterocycles. The lowest BCUT2D eigenvalue weighted by molar-refractivity contribution is -0.183. The Morgan fingerprint density at radius 3 is 2.64 bits per heavy atom. The molecule has 1 atom stereocenters. The smallest absolute Gasteiger partial charge is 0.249 e. The highest BCUT2D eigenvalue weighted by Gasteiger charge is 2.37. The molecule has 1 amide bonds. The number of nitrogens with zero attached hydrogens (tertiary/aromatic N) is 3. The van der Waals surface area contributed by atoms with Gasteiger partial charge in [0.25, 0.3) is 0 Å². The molecule has 2 heterocycles. The Bertz CT molecular complexity index is 1220. The van der Waals surface area contributed by atoms with Crippen molar-refractivity contribution in [1.29, 1.82) is 5.26 Å². The first kappa shape index (κ1) is 21.6. The summed E-state index contributed by atoms with van der Waals surface area (Å²) in [6, 6.07) is 12.6. The Morgan fingerprint density at radius 1 is 1.03 bits per heavy atom. The average molecular weight is 450 g/mol. The molecule has 1 saturated carbocycles. The Hall–Kier alpha value is -3.24. The summed E-state index contributed by atoms with van der Waals surface area (Å²) in [5.41, 5.74) is 1.86. The van der Waals surface area contributed by atoms with E-state index in [0.29, 0.717) is 24.5 Å². The summed E-state index contributed by atoms with van der Waals surface area (Å²) in [6.45, 7) is 1.24. The van der Waals surface area contributed by atoms with Gasteiger partial charge in [0.05, 0.1) is 24.3 Å². The fourth-order valence-electron chi connectivity index (χ4n) is 5.24. The van der Waals surface area contributed by atoms with Gasteiger partial charge in [-0.1, -0.05) is 0 Å². The molecule has 2 aliphatic rings. The number of hydrogen-bond acceptors (Lipinski definition) is 3. The number of carbonyl (C=O) groups is 1. The van der Waals surface area contributed by atoms with Gasteiger partial charge >= 0.3 is 0 Å². The number of halogens is 2. The Morgan fingerprint density at radius 2 is 1.85 bits per heavy atom. The third kappa shape index (κ3) is 4.36. The molecule has 33 heavy (non-hydrogen) atoms. The van der Waals surface area contributed by atoms with Gasteiger partial charge in [-0.3, -0.25) is 9.63 Å². The molecule has 2 fully saturated rings. The zero-order valence-electron chi connectivity index (χ0n) is 18.2. The Balaban J connectivity index is 1.23. The zero-order valence-corrected chi connectivity index (χ0v) is 18.2. The fourth-order valence-corrected chi connectivity index (χ4v) is 5.24. The van der Waals surface area contributed by atoms with Crippen LogP contribution < -0.4 is 0 Å². The van der Waals surface area contributed by atoms with E-state index in [1.54, 1.807) is 12.1 Å². The van der Waals surface area contributed by atoms with Gasteiger partial charge in [0.2, 0.25) is 5.91 Å². The maximum atomic E-state index is 14.0. The van der Waals surface area contributed by atoms with Gasteiger partial charge in [0, 0.05) is 36.0 Å². The molecule has 5 nitrogen and oxygen atoms in total. The van der Waals surface area contributed by atoms with E-state index in [1.807, 2.05) is 24.4 Å². The standard InChI is InChI=1S/C26H25F2N3O2/c27-22-5-6-24-20(13-22)7-9-30(24)16-17-1-3-19(4-2-17)26(32)31-25(8-10-33-31)21-11-18(15-29)12-23(28)14-21/h5-7,9,11-14,17,19,25H,1-4,8,10,16H2/t17?,19?,25-/m0/s1. The highest BCUT2D eigenvalue weighted by Crippen LogP contribution is 2.37. The number of fused-ring (bicyclic) bond motifs is 1. The van der Waals surface area contributed by atoms with Crippen molar-refractivity contribution >= 4 is 16.8 Å². The summed E-state index contributed by atoms with van der Waals surface area (Å²) < 4.78 is 29.6. The van der Waals surface area contributed by atoms with Crippen LogP contribution in [0.1, 0.15) is 49.3 Å². The summed E-state index contributed by atoms with van der Waals surface area (Å²) in [4.78, 5) is 18.9. The molecule has 170 valence electrons. The molecule has 5 rings (SSSR count). The van der Waals surface area contributed by atoms with Crippen molar-refractivity contribution in [3.8, 4) is 6.07 Å². The van der Waals surface area contributed by atoms with Gasteiger partial charge in [-0.2, -0.15) is 5.26 Å². The molecular formula is C26H25F2N3O2. The van der Waals surface area contributed by atoms with Crippen LogP contribution in [0.15, 0.2) is 48.7 Å². The van der Waals surface area contributed by atoms with Gasteiger partial charge in [0.15, 0.2) is 0 Å². The second kappa shape index (κ2) is 8.95. The van der Waals surface area contributed by atoms with Crippen molar-refractivity contribution in [1.82, 2.24) is 9.63 Å². The number of carbonyl (C=O) groups excluding carboxylic acids is 1.